The lowest BCUT2D eigenvalue weighted by Gasteiger charge is -2.33. The SMILES string of the molecule is CN1CC2CNCC2(C(=O)NCC2(c3cccc(F)c3)CCCC2)C1. The van der Waals surface area contributed by atoms with E-state index in [-0.39, 0.29) is 22.6 Å². The summed E-state index contributed by atoms with van der Waals surface area (Å²) in [5.41, 5.74) is 0.629. The van der Waals surface area contributed by atoms with Crippen LogP contribution in [0.15, 0.2) is 24.3 Å². The normalized spacial score (nSPS) is 31.2. The number of nitrogens with zero attached hydrogens (tertiary/aromatic N) is 1. The van der Waals surface area contributed by atoms with Gasteiger partial charge in [0.1, 0.15) is 5.82 Å². The number of amides is 1. The number of carbonyl (C=O) groups is 1. The maximum absolute atomic E-state index is 13.8. The summed E-state index contributed by atoms with van der Waals surface area (Å²) in [7, 11) is 2.10. The number of rotatable bonds is 4. The summed E-state index contributed by atoms with van der Waals surface area (Å²) >= 11 is 0. The molecule has 1 aliphatic carbocycles. The van der Waals surface area contributed by atoms with Crippen molar-refractivity contribution in [2.75, 3.05) is 39.8 Å². The summed E-state index contributed by atoms with van der Waals surface area (Å²) in [6.07, 6.45) is 4.32. The van der Waals surface area contributed by atoms with Gasteiger partial charge in [0, 0.05) is 44.1 Å². The standard InChI is InChI=1S/C20H28FN3O/c1-24-11-16-10-22-13-20(16,14-24)18(25)23-12-19(7-2-3-8-19)15-5-4-6-17(21)9-15/h4-6,9,16,22H,2-3,7-8,10-14H2,1H3,(H,23,25). The highest BCUT2D eigenvalue weighted by atomic mass is 19.1. The Morgan fingerprint density at radius 2 is 2.20 bits per heavy atom. The monoisotopic (exact) mass is 345 g/mol. The number of fused-ring (bicyclic) bond motifs is 1. The van der Waals surface area contributed by atoms with Crippen LogP contribution in [0.25, 0.3) is 0 Å². The van der Waals surface area contributed by atoms with Crippen molar-refractivity contribution in [1.29, 1.82) is 0 Å². The van der Waals surface area contributed by atoms with E-state index in [0.717, 1.165) is 57.4 Å². The first-order chi connectivity index (χ1) is 12.0. The van der Waals surface area contributed by atoms with E-state index in [2.05, 4.69) is 22.6 Å². The van der Waals surface area contributed by atoms with Gasteiger partial charge in [-0.15, -0.1) is 0 Å². The number of hydrogen-bond donors (Lipinski definition) is 2. The molecule has 2 saturated heterocycles. The van der Waals surface area contributed by atoms with Gasteiger partial charge in [-0.1, -0.05) is 25.0 Å². The first-order valence-corrected chi connectivity index (χ1v) is 9.48. The molecule has 2 atom stereocenters. The highest BCUT2D eigenvalue weighted by Crippen LogP contribution is 2.42. The van der Waals surface area contributed by atoms with Crippen LogP contribution >= 0.6 is 0 Å². The zero-order valence-corrected chi connectivity index (χ0v) is 15.0. The van der Waals surface area contributed by atoms with Crippen LogP contribution in [0, 0.1) is 17.2 Å². The third-order valence-electron chi connectivity index (χ3n) is 6.73. The average molecular weight is 345 g/mol. The van der Waals surface area contributed by atoms with E-state index in [0.29, 0.717) is 12.5 Å². The second-order valence-corrected chi connectivity index (χ2v) is 8.36. The molecule has 136 valence electrons. The lowest BCUT2D eigenvalue weighted by atomic mass is 9.77. The highest BCUT2D eigenvalue weighted by Gasteiger charge is 2.54. The topological polar surface area (TPSA) is 44.4 Å². The van der Waals surface area contributed by atoms with Crippen LogP contribution in [-0.4, -0.2) is 50.6 Å². The predicted octanol–water partition coefficient (Wildman–Crippen LogP) is 1.90. The second-order valence-electron chi connectivity index (χ2n) is 8.36. The fourth-order valence-corrected chi connectivity index (χ4v) is 5.36. The van der Waals surface area contributed by atoms with Crippen molar-refractivity contribution in [2.45, 2.75) is 31.1 Å². The van der Waals surface area contributed by atoms with Crippen molar-refractivity contribution < 1.29 is 9.18 Å². The molecule has 1 aromatic carbocycles. The Balaban J connectivity index is 1.51. The molecule has 4 rings (SSSR count). The third kappa shape index (κ3) is 2.87. The van der Waals surface area contributed by atoms with Crippen LogP contribution in [0.1, 0.15) is 31.2 Å². The van der Waals surface area contributed by atoms with Crippen LogP contribution in [0.2, 0.25) is 0 Å². The van der Waals surface area contributed by atoms with Crippen molar-refractivity contribution >= 4 is 5.91 Å². The van der Waals surface area contributed by atoms with Gasteiger partial charge in [0.15, 0.2) is 0 Å². The predicted molar refractivity (Wildman–Crippen MR) is 95.8 cm³/mol. The average Bonchev–Trinajstić information content (AvgIpc) is 3.27. The first-order valence-electron chi connectivity index (χ1n) is 9.48. The minimum absolute atomic E-state index is 0.111. The molecular weight excluding hydrogens is 317 g/mol. The van der Waals surface area contributed by atoms with Crippen molar-refractivity contribution in [2.24, 2.45) is 11.3 Å². The fourth-order valence-electron chi connectivity index (χ4n) is 5.36. The third-order valence-corrected chi connectivity index (χ3v) is 6.73. The van der Waals surface area contributed by atoms with E-state index in [1.165, 1.54) is 6.07 Å². The number of likely N-dealkylation sites (tertiary alicyclic amines) is 1. The van der Waals surface area contributed by atoms with Crippen LogP contribution in [-0.2, 0) is 10.2 Å². The molecule has 0 bridgehead atoms. The quantitative estimate of drug-likeness (QED) is 0.876. The van der Waals surface area contributed by atoms with Gasteiger partial charge in [0.05, 0.1) is 5.41 Å². The second kappa shape index (κ2) is 6.36. The molecule has 3 aliphatic rings. The number of benzene rings is 1. The fraction of sp³-hybridized carbons (Fsp3) is 0.650. The molecule has 5 heteroatoms. The molecule has 25 heavy (non-hydrogen) atoms. The van der Waals surface area contributed by atoms with Gasteiger partial charge in [-0.25, -0.2) is 4.39 Å². The summed E-state index contributed by atoms with van der Waals surface area (Å²) in [4.78, 5) is 15.4. The lowest BCUT2D eigenvalue weighted by Crippen LogP contribution is -2.50. The van der Waals surface area contributed by atoms with E-state index in [1.807, 2.05) is 6.07 Å². The zero-order valence-electron chi connectivity index (χ0n) is 15.0. The summed E-state index contributed by atoms with van der Waals surface area (Å²) < 4.78 is 13.8. The first kappa shape index (κ1) is 17.0. The van der Waals surface area contributed by atoms with Crippen molar-refractivity contribution in [1.82, 2.24) is 15.5 Å². The molecular formula is C20H28FN3O. The Kier molecular flexibility index (Phi) is 4.32. The largest absolute Gasteiger partial charge is 0.355 e. The Bertz CT molecular complexity index is 658. The molecule has 4 nitrogen and oxygen atoms in total. The van der Waals surface area contributed by atoms with Gasteiger partial charge in [-0.05, 0) is 37.6 Å². The maximum atomic E-state index is 13.8. The maximum Gasteiger partial charge on any atom is 0.229 e. The van der Waals surface area contributed by atoms with Gasteiger partial charge < -0.3 is 15.5 Å². The van der Waals surface area contributed by atoms with Gasteiger partial charge in [0.2, 0.25) is 5.91 Å². The van der Waals surface area contributed by atoms with Crippen molar-refractivity contribution in [3.05, 3.63) is 35.6 Å². The van der Waals surface area contributed by atoms with E-state index in [1.54, 1.807) is 12.1 Å². The van der Waals surface area contributed by atoms with Gasteiger partial charge in [0.25, 0.3) is 0 Å². The highest BCUT2D eigenvalue weighted by molar-refractivity contribution is 5.84. The van der Waals surface area contributed by atoms with E-state index < -0.39 is 0 Å². The van der Waals surface area contributed by atoms with Gasteiger partial charge in [-0.2, -0.15) is 0 Å². The molecule has 2 heterocycles. The molecule has 1 saturated carbocycles. The number of nitrogens with one attached hydrogen (secondary N) is 2. The molecule has 1 amide bonds. The summed E-state index contributed by atoms with van der Waals surface area (Å²) in [6.45, 7) is 4.11. The zero-order chi connectivity index (χ0) is 17.5. The van der Waals surface area contributed by atoms with E-state index >= 15 is 0 Å². The van der Waals surface area contributed by atoms with E-state index in [4.69, 9.17) is 0 Å². The summed E-state index contributed by atoms with van der Waals surface area (Å²) in [5, 5.41) is 6.69. The summed E-state index contributed by atoms with van der Waals surface area (Å²) in [6, 6.07) is 6.95. The Hall–Kier alpha value is -1.46. The van der Waals surface area contributed by atoms with E-state index in [9.17, 15) is 9.18 Å². The smallest absolute Gasteiger partial charge is 0.229 e. The number of hydrogen-bond acceptors (Lipinski definition) is 3. The molecule has 2 N–H and O–H groups in total. The van der Waals surface area contributed by atoms with Crippen molar-refractivity contribution in [3.8, 4) is 0 Å². The van der Waals surface area contributed by atoms with Crippen LogP contribution in [0.4, 0.5) is 4.39 Å². The van der Waals surface area contributed by atoms with Crippen molar-refractivity contribution in [3.63, 3.8) is 0 Å². The molecule has 3 fully saturated rings. The Labute approximate surface area is 149 Å². The molecule has 2 aliphatic heterocycles. The lowest BCUT2D eigenvalue weighted by molar-refractivity contribution is -0.131. The molecule has 0 radical (unpaired) electrons. The minimum Gasteiger partial charge on any atom is -0.355 e. The number of halogens is 1. The van der Waals surface area contributed by atoms with Crippen LogP contribution < -0.4 is 10.6 Å². The Morgan fingerprint density at radius 3 is 2.96 bits per heavy atom. The molecule has 2 unspecified atom stereocenters. The van der Waals surface area contributed by atoms with Crippen LogP contribution in [0.5, 0.6) is 0 Å². The Morgan fingerprint density at radius 1 is 1.40 bits per heavy atom. The molecule has 0 aromatic heterocycles. The molecule has 0 spiro atoms. The number of carbonyl (C=O) groups excluding carboxylic acids is 1. The minimum atomic E-state index is -0.295. The van der Waals surface area contributed by atoms with Gasteiger partial charge >= 0.3 is 0 Å². The van der Waals surface area contributed by atoms with Crippen LogP contribution in [0.3, 0.4) is 0 Å². The summed E-state index contributed by atoms with van der Waals surface area (Å²) in [5.74, 6) is 0.381. The molecule has 1 aromatic rings. The van der Waals surface area contributed by atoms with Gasteiger partial charge in [-0.3, -0.25) is 4.79 Å².